The second-order valence-corrected chi connectivity index (χ2v) is 13.0. The molecule has 2 N–H and O–H groups in total. The van der Waals surface area contributed by atoms with Crippen molar-refractivity contribution in [2.75, 3.05) is 28.3 Å². The van der Waals surface area contributed by atoms with Crippen LogP contribution in [0, 0.1) is 29.6 Å². The number of ketones is 2. The van der Waals surface area contributed by atoms with Gasteiger partial charge in [0, 0.05) is 43.9 Å². The quantitative estimate of drug-likeness (QED) is 0.359. The van der Waals surface area contributed by atoms with Crippen LogP contribution in [0.15, 0.2) is 0 Å². The van der Waals surface area contributed by atoms with Gasteiger partial charge < -0.3 is 38.8 Å². The van der Waals surface area contributed by atoms with Crippen LogP contribution in [0.4, 0.5) is 0 Å². The summed E-state index contributed by atoms with van der Waals surface area (Å²) >= 11 is 0. The van der Waals surface area contributed by atoms with Gasteiger partial charge in [-0.1, -0.05) is 27.7 Å². The Kier molecular flexibility index (Phi) is 10.5. The summed E-state index contributed by atoms with van der Waals surface area (Å²) in [5, 5.41) is 22.2. The molecule has 1 unspecified atom stereocenters. The molecule has 3 aliphatic rings. The van der Waals surface area contributed by atoms with Crippen LogP contribution in [0.1, 0.15) is 61.3 Å². The number of carbonyl (C=O) groups is 3. The lowest BCUT2D eigenvalue weighted by Gasteiger charge is -2.47. The fraction of sp³-hybridized carbons (Fsp3) is 0.900. The minimum absolute atomic E-state index is 0.0249. The Balaban J connectivity index is 2.05. The number of hydrogen-bond donors (Lipinski definition) is 2. The largest absolute Gasteiger partial charge is 0.458 e. The first-order chi connectivity index (χ1) is 19.0. The van der Waals surface area contributed by atoms with Gasteiger partial charge in [-0.05, 0) is 47.7 Å². The summed E-state index contributed by atoms with van der Waals surface area (Å²) in [5.41, 5.74) is -2.96. The SMILES string of the molecule is CO[C@H]1[C@H](O[C@@H]2[C@@H](C)C(=O)[C@@H](C)C(=O)O[C@@H]3C(C)[C@]3(O)[C@H](O)[C@@H](C)C(=O)[C@H](C)C[C@]2(C)OC)O[C@H](C)C[C@@H]1N(C)C. The molecule has 0 amide bonds. The van der Waals surface area contributed by atoms with E-state index >= 15 is 0 Å². The maximum atomic E-state index is 13.8. The molecule has 3 fully saturated rings. The Morgan fingerprint density at radius 2 is 1.59 bits per heavy atom. The minimum Gasteiger partial charge on any atom is -0.458 e. The van der Waals surface area contributed by atoms with Crippen LogP contribution in [-0.2, 0) is 38.1 Å². The molecule has 0 radical (unpaired) electrons. The fourth-order valence-electron chi connectivity index (χ4n) is 6.91. The average Bonchev–Trinajstić information content (AvgIpc) is 3.46. The summed E-state index contributed by atoms with van der Waals surface area (Å²) in [6, 6.07) is -0.0249. The number of aliphatic hydroxyl groups excluding tert-OH is 1. The van der Waals surface area contributed by atoms with E-state index in [9.17, 15) is 24.6 Å². The van der Waals surface area contributed by atoms with E-state index in [1.165, 1.54) is 14.0 Å². The van der Waals surface area contributed by atoms with E-state index in [2.05, 4.69) is 0 Å². The highest BCUT2D eigenvalue weighted by atomic mass is 16.7. The molecule has 0 aromatic heterocycles. The standard InChI is InChI=1S/C30H51NO10/c1-14-13-29(7,38-11)25(41-28-23(37-10)20(31(8)9)12-15(2)39-28)17(4)22(33)18(5)27(35)40-26-19(6)30(26,36)24(34)16(3)21(14)32/h14-20,23-26,28,34,36H,12-13H2,1-11H3/t14-,15-,16+,17+,18-,19?,20+,23-,24-,25-,26-,28+,29+,30+/m1/s1. The number of likely N-dealkylation sites (N-methyl/N-ethyl adjacent to an activating group) is 1. The van der Waals surface area contributed by atoms with Crippen LogP contribution in [-0.4, -0.2) is 115 Å². The summed E-state index contributed by atoms with van der Waals surface area (Å²) in [7, 11) is 6.98. The summed E-state index contributed by atoms with van der Waals surface area (Å²) in [4.78, 5) is 42.6. The smallest absolute Gasteiger partial charge is 0.316 e. The molecule has 41 heavy (non-hydrogen) atoms. The van der Waals surface area contributed by atoms with Crippen molar-refractivity contribution in [1.82, 2.24) is 4.90 Å². The molecular formula is C30H51NO10. The van der Waals surface area contributed by atoms with Crippen molar-refractivity contribution < 1.29 is 48.3 Å². The van der Waals surface area contributed by atoms with Gasteiger partial charge in [-0.3, -0.25) is 14.4 Å². The van der Waals surface area contributed by atoms with E-state index in [1.807, 2.05) is 25.9 Å². The van der Waals surface area contributed by atoms with Gasteiger partial charge in [-0.25, -0.2) is 0 Å². The van der Waals surface area contributed by atoms with Crippen molar-refractivity contribution in [3.8, 4) is 0 Å². The van der Waals surface area contributed by atoms with Gasteiger partial charge >= 0.3 is 5.97 Å². The monoisotopic (exact) mass is 585 g/mol. The number of Topliss-reactive ketones (excluding diaryl/α,β-unsaturated/α-hetero) is 2. The zero-order chi connectivity index (χ0) is 31.2. The van der Waals surface area contributed by atoms with Gasteiger partial charge in [0.25, 0.3) is 0 Å². The Bertz CT molecular complexity index is 975. The van der Waals surface area contributed by atoms with E-state index < -0.39 is 83.3 Å². The molecule has 2 heterocycles. The van der Waals surface area contributed by atoms with E-state index in [0.29, 0.717) is 6.42 Å². The van der Waals surface area contributed by atoms with Crippen LogP contribution in [0.25, 0.3) is 0 Å². The molecule has 11 heteroatoms. The second-order valence-electron chi connectivity index (χ2n) is 13.0. The fourth-order valence-corrected chi connectivity index (χ4v) is 6.91. The molecule has 2 aliphatic heterocycles. The van der Waals surface area contributed by atoms with Gasteiger partial charge in [0.05, 0.1) is 23.9 Å². The summed E-state index contributed by atoms with van der Waals surface area (Å²) < 4.78 is 30.3. The third-order valence-corrected chi connectivity index (χ3v) is 9.92. The zero-order valence-corrected chi connectivity index (χ0v) is 26.5. The number of methoxy groups -OCH3 is 2. The first kappa shape index (κ1) is 34.0. The average molecular weight is 586 g/mol. The number of carbonyl (C=O) groups excluding carboxylic acids is 3. The van der Waals surface area contributed by atoms with Crippen LogP contribution < -0.4 is 0 Å². The van der Waals surface area contributed by atoms with Crippen molar-refractivity contribution in [2.45, 2.75) is 115 Å². The molecule has 1 aliphatic carbocycles. The molecule has 0 spiro atoms. The summed E-state index contributed by atoms with van der Waals surface area (Å²) in [6.07, 6.45) is -4.06. The molecule has 11 nitrogen and oxygen atoms in total. The predicted octanol–water partition coefficient (Wildman–Crippen LogP) is 1.60. The topological polar surface area (TPSA) is 141 Å². The van der Waals surface area contributed by atoms with Gasteiger partial charge in [0.15, 0.2) is 12.1 Å². The normalized spacial score (nSPS) is 48.4. The van der Waals surface area contributed by atoms with Gasteiger partial charge in [-0.15, -0.1) is 0 Å². The van der Waals surface area contributed by atoms with Gasteiger partial charge in [-0.2, -0.15) is 0 Å². The Morgan fingerprint density at radius 3 is 2.12 bits per heavy atom. The van der Waals surface area contributed by atoms with Crippen LogP contribution in [0.3, 0.4) is 0 Å². The molecule has 1 saturated carbocycles. The molecule has 236 valence electrons. The maximum absolute atomic E-state index is 13.8. The Morgan fingerprint density at radius 1 is 0.976 bits per heavy atom. The number of aliphatic hydroxyl groups is 2. The third kappa shape index (κ3) is 6.27. The molecule has 0 aromatic rings. The molecule has 0 bridgehead atoms. The highest BCUT2D eigenvalue weighted by Crippen LogP contribution is 2.51. The van der Waals surface area contributed by atoms with Crippen LogP contribution in [0.5, 0.6) is 0 Å². The highest BCUT2D eigenvalue weighted by molar-refractivity contribution is 6.00. The number of rotatable bonds is 5. The van der Waals surface area contributed by atoms with Crippen molar-refractivity contribution in [3.05, 3.63) is 0 Å². The second kappa shape index (κ2) is 12.6. The van der Waals surface area contributed by atoms with Crippen molar-refractivity contribution >= 4 is 17.5 Å². The first-order valence-electron chi connectivity index (χ1n) is 14.7. The lowest BCUT2D eigenvalue weighted by atomic mass is 9.76. The van der Waals surface area contributed by atoms with E-state index in [4.69, 9.17) is 23.7 Å². The molecule has 3 rings (SSSR count). The third-order valence-electron chi connectivity index (χ3n) is 9.92. The predicted molar refractivity (Wildman–Crippen MR) is 149 cm³/mol. The first-order valence-corrected chi connectivity index (χ1v) is 14.7. The number of fused-ring (bicyclic) bond motifs is 1. The number of esters is 1. The maximum Gasteiger partial charge on any atom is 0.316 e. The van der Waals surface area contributed by atoms with E-state index in [1.54, 1.807) is 41.7 Å². The molecule has 2 saturated heterocycles. The van der Waals surface area contributed by atoms with Gasteiger partial charge in [0.2, 0.25) is 0 Å². The van der Waals surface area contributed by atoms with E-state index in [-0.39, 0.29) is 24.3 Å². The highest BCUT2D eigenvalue weighted by Gasteiger charge is 2.70. The number of nitrogens with zero attached hydrogens (tertiary/aromatic N) is 1. The van der Waals surface area contributed by atoms with E-state index in [0.717, 1.165) is 0 Å². The lowest BCUT2D eigenvalue weighted by Crippen LogP contribution is -2.59. The Labute approximate surface area is 244 Å². The molecule has 0 aromatic carbocycles. The van der Waals surface area contributed by atoms with Crippen molar-refractivity contribution in [3.63, 3.8) is 0 Å². The molecule has 14 atom stereocenters. The summed E-state index contributed by atoms with van der Waals surface area (Å²) in [6.45, 7) is 11.8. The van der Waals surface area contributed by atoms with Crippen LogP contribution >= 0.6 is 0 Å². The summed E-state index contributed by atoms with van der Waals surface area (Å²) in [5.74, 6) is -5.75. The lowest BCUT2D eigenvalue weighted by molar-refractivity contribution is -0.299. The van der Waals surface area contributed by atoms with Crippen LogP contribution in [0.2, 0.25) is 0 Å². The van der Waals surface area contributed by atoms with Crippen molar-refractivity contribution in [2.24, 2.45) is 29.6 Å². The zero-order valence-electron chi connectivity index (χ0n) is 26.5. The number of hydrogen-bond acceptors (Lipinski definition) is 11. The van der Waals surface area contributed by atoms with Gasteiger partial charge in [0.1, 0.15) is 29.5 Å². The molecular weight excluding hydrogens is 534 g/mol. The Hall–Kier alpha value is -1.47. The minimum atomic E-state index is -1.77. The number of ether oxygens (including phenoxy) is 5. The van der Waals surface area contributed by atoms with Crippen molar-refractivity contribution in [1.29, 1.82) is 0 Å².